The fourth-order valence-electron chi connectivity index (χ4n) is 3.54. The van der Waals surface area contributed by atoms with Crippen LogP contribution in [0.3, 0.4) is 0 Å². The van der Waals surface area contributed by atoms with Gasteiger partial charge >= 0.3 is 0 Å². The number of sulfonamides is 1. The maximum Gasteiger partial charge on any atom is 0.261 e. The highest BCUT2D eigenvalue weighted by Crippen LogP contribution is 2.21. The van der Waals surface area contributed by atoms with Crippen molar-refractivity contribution in [2.45, 2.75) is 17.4 Å². The average Bonchev–Trinajstić information content (AvgIpc) is 3.24. The summed E-state index contributed by atoms with van der Waals surface area (Å²) >= 11 is 0. The molecule has 6 nitrogen and oxygen atoms in total. The summed E-state index contributed by atoms with van der Waals surface area (Å²) in [5.41, 5.74) is 1.55. The number of para-hydroxylation sites is 1. The van der Waals surface area contributed by atoms with Crippen molar-refractivity contribution in [3.8, 4) is 0 Å². The highest BCUT2D eigenvalue weighted by molar-refractivity contribution is 7.92. The number of amides is 1. The first-order valence-corrected chi connectivity index (χ1v) is 11.4. The number of nitrogens with zero attached hydrogens (tertiary/aromatic N) is 1. The van der Waals surface area contributed by atoms with Crippen molar-refractivity contribution in [1.29, 1.82) is 0 Å². The zero-order valence-corrected chi connectivity index (χ0v) is 17.5. The Balaban J connectivity index is 1.45. The number of carbonyl (C=O) groups is 1. The smallest absolute Gasteiger partial charge is 0.261 e. The van der Waals surface area contributed by atoms with Gasteiger partial charge in [0.1, 0.15) is 5.82 Å². The van der Waals surface area contributed by atoms with Gasteiger partial charge in [0.05, 0.1) is 4.90 Å². The molecule has 4 rings (SSSR count). The summed E-state index contributed by atoms with van der Waals surface area (Å²) in [6, 6.07) is 20.9. The molecule has 1 unspecified atom stereocenters. The Morgan fingerprint density at radius 2 is 1.68 bits per heavy atom. The van der Waals surface area contributed by atoms with Crippen LogP contribution in [-0.2, 0) is 10.0 Å². The summed E-state index contributed by atoms with van der Waals surface area (Å²) in [4.78, 5) is 14.7. The van der Waals surface area contributed by atoms with Gasteiger partial charge in [0.15, 0.2) is 0 Å². The quantitative estimate of drug-likeness (QED) is 0.610. The highest BCUT2D eigenvalue weighted by Gasteiger charge is 2.27. The lowest BCUT2D eigenvalue weighted by molar-refractivity contribution is 0.0791. The van der Waals surface area contributed by atoms with Gasteiger partial charge in [-0.2, -0.15) is 0 Å². The van der Waals surface area contributed by atoms with Gasteiger partial charge in [-0.25, -0.2) is 12.8 Å². The second-order valence-corrected chi connectivity index (χ2v) is 9.07. The summed E-state index contributed by atoms with van der Waals surface area (Å²) in [5, 5.41) is 3.42. The average molecular weight is 440 g/mol. The molecule has 160 valence electrons. The monoisotopic (exact) mass is 439 g/mol. The van der Waals surface area contributed by atoms with Gasteiger partial charge < -0.3 is 10.2 Å². The zero-order valence-electron chi connectivity index (χ0n) is 16.7. The minimum atomic E-state index is -3.91. The first-order chi connectivity index (χ1) is 14.9. The first-order valence-electron chi connectivity index (χ1n) is 9.90. The minimum Gasteiger partial charge on any atom is -0.380 e. The molecule has 1 fully saturated rings. The molecule has 3 aromatic rings. The predicted molar refractivity (Wildman–Crippen MR) is 118 cm³/mol. The molecule has 1 aliphatic rings. The largest absolute Gasteiger partial charge is 0.380 e. The molecule has 1 aliphatic heterocycles. The maximum atomic E-state index is 13.1. The van der Waals surface area contributed by atoms with Crippen molar-refractivity contribution in [3.05, 3.63) is 90.2 Å². The number of benzene rings is 3. The molecule has 1 atom stereocenters. The Kier molecular flexibility index (Phi) is 5.90. The Hall–Kier alpha value is -3.39. The molecule has 3 aromatic carbocycles. The van der Waals surface area contributed by atoms with E-state index in [1.54, 1.807) is 17.0 Å². The van der Waals surface area contributed by atoms with Gasteiger partial charge in [-0.3, -0.25) is 9.52 Å². The molecule has 0 aromatic heterocycles. The van der Waals surface area contributed by atoms with E-state index >= 15 is 0 Å². The molecule has 8 heteroatoms. The van der Waals surface area contributed by atoms with Crippen molar-refractivity contribution in [2.75, 3.05) is 23.1 Å². The van der Waals surface area contributed by atoms with E-state index in [0.717, 1.165) is 12.1 Å². The SMILES string of the molecule is O=C(c1cccc(S(=O)(=O)Nc2ccc(F)cc2)c1)N1CCC(Nc2ccccc2)C1. The van der Waals surface area contributed by atoms with Crippen LogP contribution in [0.15, 0.2) is 83.8 Å². The van der Waals surface area contributed by atoms with Crippen LogP contribution in [0.25, 0.3) is 0 Å². The topological polar surface area (TPSA) is 78.5 Å². The zero-order chi connectivity index (χ0) is 21.8. The van der Waals surface area contributed by atoms with E-state index in [1.165, 1.54) is 36.4 Å². The summed E-state index contributed by atoms with van der Waals surface area (Å²) in [6.45, 7) is 1.13. The number of likely N-dealkylation sites (tertiary alicyclic amines) is 1. The summed E-state index contributed by atoms with van der Waals surface area (Å²) in [5.74, 6) is -0.669. The molecule has 1 saturated heterocycles. The summed E-state index contributed by atoms with van der Waals surface area (Å²) in [6.07, 6.45) is 0.810. The molecule has 0 saturated carbocycles. The van der Waals surface area contributed by atoms with Crippen LogP contribution in [0.5, 0.6) is 0 Å². The number of carbonyl (C=O) groups excluding carboxylic acids is 1. The molecule has 1 heterocycles. The molecule has 1 amide bonds. The Morgan fingerprint density at radius 1 is 0.935 bits per heavy atom. The van der Waals surface area contributed by atoms with Crippen molar-refractivity contribution in [3.63, 3.8) is 0 Å². The third-order valence-corrected chi connectivity index (χ3v) is 6.49. The van der Waals surface area contributed by atoms with Crippen LogP contribution in [0.1, 0.15) is 16.8 Å². The lowest BCUT2D eigenvalue weighted by Crippen LogP contribution is -2.31. The number of hydrogen-bond acceptors (Lipinski definition) is 4. The van der Waals surface area contributed by atoms with Gasteiger partial charge in [0.25, 0.3) is 15.9 Å². The Morgan fingerprint density at radius 3 is 2.42 bits per heavy atom. The molecule has 0 bridgehead atoms. The van der Waals surface area contributed by atoms with Crippen molar-refractivity contribution < 1.29 is 17.6 Å². The third-order valence-electron chi connectivity index (χ3n) is 5.11. The number of rotatable bonds is 6. The summed E-state index contributed by atoms with van der Waals surface area (Å²) in [7, 11) is -3.91. The standard InChI is InChI=1S/C23H22FN3O3S/c24-18-9-11-20(12-10-18)26-31(29,30)22-8-4-5-17(15-22)23(28)27-14-13-21(16-27)25-19-6-2-1-3-7-19/h1-12,15,21,25-26H,13-14,16H2. The molecule has 0 spiro atoms. The highest BCUT2D eigenvalue weighted by atomic mass is 32.2. The summed E-state index contributed by atoms with van der Waals surface area (Å²) < 4.78 is 40.9. The normalized spacial score (nSPS) is 16.2. The van der Waals surface area contributed by atoms with Gasteiger partial charge in [-0.15, -0.1) is 0 Å². The first kappa shape index (κ1) is 20.9. The molecule has 2 N–H and O–H groups in total. The lowest BCUT2D eigenvalue weighted by Gasteiger charge is -2.18. The number of halogens is 1. The number of hydrogen-bond donors (Lipinski definition) is 2. The van der Waals surface area contributed by atoms with E-state index in [1.807, 2.05) is 30.3 Å². The van der Waals surface area contributed by atoms with E-state index < -0.39 is 15.8 Å². The van der Waals surface area contributed by atoms with Gasteiger partial charge in [0, 0.05) is 36.1 Å². The van der Waals surface area contributed by atoms with Crippen molar-refractivity contribution >= 4 is 27.3 Å². The van der Waals surface area contributed by atoms with E-state index in [0.29, 0.717) is 18.7 Å². The minimum absolute atomic E-state index is 0.0270. The van der Waals surface area contributed by atoms with Gasteiger partial charge in [-0.1, -0.05) is 24.3 Å². The van der Waals surface area contributed by atoms with Crippen LogP contribution in [0.4, 0.5) is 15.8 Å². The van der Waals surface area contributed by atoms with Crippen molar-refractivity contribution in [1.82, 2.24) is 4.90 Å². The van der Waals surface area contributed by atoms with E-state index in [-0.39, 0.29) is 22.5 Å². The van der Waals surface area contributed by atoms with Crippen LogP contribution < -0.4 is 10.0 Å². The van der Waals surface area contributed by atoms with Crippen molar-refractivity contribution in [2.24, 2.45) is 0 Å². The Labute approximate surface area is 180 Å². The molecular formula is C23H22FN3O3S. The van der Waals surface area contributed by atoms with E-state index in [2.05, 4.69) is 10.0 Å². The molecule has 0 radical (unpaired) electrons. The fourth-order valence-corrected chi connectivity index (χ4v) is 4.65. The second-order valence-electron chi connectivity index (χ2n) is 7.39. The molecular weight excluding hydrogens is 417 g/mol. The third kappa shape index (κ3) is 5.03. The molecule has 0 aliphatic carbocycles. The number of anilines is 2. The van der Waals surface area contributed by atoms with E-state index in [4.69, 9.17) is 0 Å². The maximum absolute atomic E-state index is 13.1. The van der Waals surface area contributed by atoms with Gasteiger partial charge in [-0.05, 0) is 61.0 Å². The molecule has 31 heavy (non-hydrogen) atoms. The van der Waals surface area contributed by atoms with Crippen LogP contribution in [-0.4, -0.2) is 38.4 Å². The lowest BCUT2D eigenvalue weighted by atomic mass is 10.2. The Bertz CT molecular complexity index is 1170. The van der Waals surface area contributed by atoms with Gasteiger partial charge in [0.2, 0.25) is 0 Å². The van der Waals surface area contributed by atoms with E-state index in [9.17, 15) is 17.6 Å². The second kappa shape index (κ2) is 8.77. The van der Waals surface area contributed by atoms with Crippen LogP contribution in [0, 0.1) is 5.82 Å². The number of nitrogens with one attached hydrogen (secondary N) is 2. The predicted octanol–water partition coefficient (Wildman–Crippen LogP) is 3.95. The van der Waals surface area contributed by atoms with Crippen LogP contribution >= 0.6 is 0 Å². The van der Waals surface area contributed by atoms with Crippen LogP contribution in [0.2, 0.25) is 0 Å². The fraction of sp³-hybridized carbons (Fsp3) is 0.174.